The number of hydrogen-bond acceptors (Lipinski definition) is 7. The van der Waals surface area contributed by atoms with Gasteiger partial charge in [-0.15, -0.1) is 11.3 Å². The number of thioether (sulfide) groups is 1. The maximum Gasteiger partial charge on any atom is 0.266 e. The van der Waals surface area contributed by atoms with Gasteiger partial charge in [-0.3, -0.25) is 14.5 Å². The lowest BCUT2D eigenvalue weighted by Crippen LogP contribution is -2.36. The van der Waals surface area contributed by atoms with Crippen LogP contribution < -0.4 is 5.32 Å². The lowest BCUT2D eigenvalue weighted by Gasteiger charge is -2.15. The van der Waals surface area contributed by atoms with Gasteiger partial charge in [-0.2, -0.15) is 0 Å². The monoisotopic (exact) mass is 428 g/mol. The number of amides is 2. The normalized spacial score (nSPS) is 23.2. The Balaban J connectivity index is 1.47. The summed E-state index contributed by atoms with van der Waals surface area (Å²) < 4.78 is 23.1. The van der Waals surface area contributed by atoms with E-state index in [1.165, 1.54) is 22.7 Å². The third-order valence-electron chi connectivity index (χ3n) is 3.75. The Kier molecular flexibility index (Phi) is 5.96. The molecular weight excluding hydrogens is 412 g/mol. The molecule has 1 atom stereocenters. The Hall–Kier alpha value is -1.49. The first-order valence-electron chi connectivity index (χ1n) is 7.83. The number of carbonyl (C=O) groups is 2. The van der Waals surface area contributed by atoms with Crippen molar-refractivity contribution in [1.82, 2.24) is 10.2 Å². The molecule has 1 saturated heterocycles. The Morgan fingerprint density at radius 1 is 1.46 bits per heavy atom. The minimum absolute atomic E-state index is 0.0963. The molecular formula is C16H16N2O4S4. The van der Waals surface area contributed by atoms with Gasteiger partial charge in [-0.05, 0) is 30.0 Å². The van der Waals surface area contributed by atoms with Gasteiger partial charge in [0.2, 0.25) is 5.91 Å². The third-order valence-corrected chi connectivity index (χ3v) is 7.34. The van der Waals surface area contributed by atoms with Crippen LogP contribution in [0.2, 0.25) is 0 Å². The Morgan fingerprint density at radius 3 is 2.92 bits per heavy atom. The molecule has 138 valence electrons. The van der Waals surface area contributed by atoms with Crippen molar-refractivity contribution in [3.63, 3.8) is 0 Å². The molecule has 1 aromatic rings. The topological polar surface area (TPSA) is 83.6 Å². The first-order valence-corrected chi connectivity index (χ1v) is 11.7. The van der Waals surface area contributed by atoms with Gasteiger partial charge in [0.25, 0.3) is 5.91 Å². The molecule has 6 nitrogen and oxygen atoms in total. The van der Waals surface area contributed by atoms with E-state index in [1.807, 2.05) is 23.6 Å². The summed E-state index contributed by atoms with van der Waals surface area (Å²) in [5.41, 5.74) is 0. The summed E-state index contributed by atoms with van der Waals surface area (Å²) in [6, 6.07) is 3.37. The van der Waals surface area contributed by atoms with Crippen molar-refractivity contribution in [2.75, 3.05) is 12.3 Å². The van der Waals surface area contributed by atoms with Crippen molar-refractivity contribution in [3.05, 3.63) is 38.8 Å². The number of thiophene rings is 1. The summed E-state index contributed by atoms with van der Waals surface area (Å²) in [7, 11) is -3.19. The van der Waals surface area contributed by atoms with Gasteiger partial charge in [0.1, 0.15) is 4.32 Å². The van der Waals surface area contributed by atoms with Gasteiger partial charge in [-0.1, -0.05) is 30.0 Å². The molecule has 1 N–H and O–H groups in total. The van der Waals surface area contributed by atoms with Crippen molar-refractivity contribution in [1.29, 1.82) is 0 Å². The molecule has 3 rings (SSSR count). The standard InChI is InChI=1S/C16H16N2O4S4/c19-14(17-11-5-8-26(21,22)10-11)4-1-6-18-15(20)13(25-16(18)23)9-12-3-2-7-24-12/h2-3,5,7-9,11H,1,4,6,10H2,(H,17,19)/b13-9-/t11-/m1/s1. The van der Waals surface area contributed by atoms with Crippen molar-refractivity contribution in [3.8, 4) is 0 Å². The number of sulfone groups is 1. The Morgan fingerprint density at radius 2 is 2.27 bits per heavy atom. The second-order valence-corrected chi connectivity index (χ2v) is 10.4. The smallest absolute Gasteiger partial charge is 0.266 e. The fourth-order valence-corrected chi connectivity index (χ4v) is 5.80. The van der Waals surface area contributed by atoms with E-state index in [0.717, 1.165) is 10.3 Å². The molecule has 10 heteroatoms. The summed E-state index contributed by atoms with van der Waals surface area (Å²) in [6.45, 7) is 0.360. The summed E-state index contributed by atoms with van der Waals surface area (Å²) in [6.07, 6.45) is 3.95. The van der Waals surface area contributed by atoms with E-state index in [4.69, 9.17) is 12.2 Å². The quantitative estimate of drug-likeness (QED) is 0.552. The van der Waals surface area contributed by atoms with Crippen molar-refractivity contribution < 1.29 is 18.0 Å². The summed E-state index contributed by atoms with van der Waals surface area (Å²) >= 11 is 8.07. The van der Waals surface area contributed by atoms with E-state index in [-0.39, 0.29) is 24.0 Å². The lowest BCUT2D eigenvalue weighted by atomic mass is 10.2. The highest BCUT2D eigenvalue weighted by molar-refractivity contribution is 8.26. The predicted molar refractivity (Wildman–Crippen MR) is 108 cm³/mol. The summed E-state index contributed by atoms with van der Waals surface area (Å²) in [5, 5.41) is 5.73. The van der Waals surface area contributed by atoms with Crippen LogP contribution in [0, 0.1) is 0 Å². The highest BCUT2D eigenvalue weighted by Crippen LogP contribution is 2.33. The van der Waals surface area contributed by atoms with E-state index in [1.54, 1.807) is 11.3 Å². The molecule has 2 aliphatic rings. The zero-order valence-corrected chi connectivity index (χ0v) is 16.8. The van der Waals surface area contributed by atoms with Crippen LogP contribution in [-0.4, -0.2) is 47.8 Å². The van der Waals surface area contributed by atoms with Gasteiger partial charge >= 0.3 is 0 Å². The first kappa shape index (κ1) is 19.3. The molecule has 0 aromatic carbocycles. The maximum atomic E-state index is 12.4. The van der Waals surface area contributed by atoms with Gasteiger partial charge in [0, 0.05) is 23.3 Å². The number of rotatable bonds is 6. The van der Waals surface area contributed by atoms with Crippen LogP contribution in [-0.2, 0) is 19.4 Å². The predicted octanol–water partition coefficient (Wildman–Crippen LogP) is 2.16. The number of nitrogens with one attached hydrogen (secondary N) is 1. The van der Waals surface area contributed by atoms with E-state index in [2.05, 4.69) is 5.32 Å². The SMILES string of the molecule is O=C(CCCN1C(=O)/C(=C/c2cccs2)SC1=S)N[C@@H]1C=CS(=O)(=O)C1. The maximum absolute atomic E-state index is 12.4. The van der Waals surface area contributed by atoms with Crippen molar-refractivity contribution in [2.24, 2.45) is 0 Å². The number of thiocarbonyl (C=S) groups is 1. The molecule has 1 fully saturated rings. The molecule has 0 bridgehead atoms. The van der Waals surface area contributed by atoms with Crippen LogP contribution in [0.1, 0.15) is 17.7 Å². The van der Waals surface area contributed by atoms with E-state index in [0.29, 0.717) is 22.2 Å². The summed E-state index contributed by atoms with van der Waals surface area (Å²) in [5.74, 6) is -0.476. The fraction of sp³-hybridized carbons (Fsp3) is 0.312. The van der Waals surface area contributed by atoms with Crippen LogP contribution in [0.5, 0.6) is 0 Å². The van der Waals surface area contributed by atoms with Crippen molar-refractivity contribution >= 4 is 67.4 Å². The van der Waals surface area contributed by atoms with Crippen LogP contribution >= 0.6 is 35.3 Å². The minimum atomic E-state index is -3.19. The molecule has 0 radical (unpaired) electrons. The molecule has 1 aromatic heterocycles. The summed E-state index contributed by atoms with van der Waals surface area (Å²) in [4.78, 5) is 27.5. The molecule has 0 saturated carbocycles. The van der Waals surface area contributed by atoms with Crippen LogP contribution in [0.25, 0.3) is 6.08 Å². The van der Waals surface area contributed by atoms with Gasteiger partial charge in [0.15, 0.2) is 9.84 Å². The second-order valence-electron chi connectivity index (χ2n) is 5.78. The largest absolute Gasteiger partial charge is 0.349 e. The third kappa shape index (κ3) is 4.81. The molecule has 0 spiro atoms. The van der Waals surface area contributed by atoms with E-state index < -0.39 is 15.9 Å². The average Bonchev–Trinajstić information content (AvgIpc) is 3.25. The average molecular weight is 429 g/mol. The Bertz CT molecular complexity index is 887. The minimum Gasteiger partial charge on any atom is -0.349 e. The molecule has 2 amide bonds. The molecule has 3 heterocycles. The van der Waals surface area contributed by atoms with Crippen molar-refractivity contribution in [2.45, 2.75) is 18.9 Å². The molecule has 0 unspecified atom stereocenters. The molecule has 0 aliphatic carbocycles. The number of carbonyl (C=O) groups excluding carboxylic acids is 2. The zero-order chi connectivity index (χ0) is 18.7. The lowest BCUT2D eigenvalue weighted by molar-refractivity contribution is -0.124. The van der Waals surface area contributed by atoms with Crippen LogP contribution in [0.15, 0.2) is 33.9 Å². The molecule has 26 heavy (non-hydrogen) atoms. The highest BCUT2D eigenvalue weighted by Gasteiger charge is 2.31. The highest BCUT2D eigenvalue weighted by atomic mass is 32.2. The number of nitrogens with zero attached hydrogens (tertiary/aromatic N) is 1. The van der Waals surface area contributed by atoms with Gasteiger partial charge < -0.3 is 5.32 Å². The zero-order valence-electron chi connectivity index (χ0n) is 13.6. The van der Waals surface area contributed by atoms with Gasteiger partial charge in [-0.25, -0.2) is 8.42 Å². The Labute approximate surface area is 165 Å². The first-order chi connectivity index (χ1) is 12.3. The molecule has 2 aliphatic heterocycles. The second kappa shape index (κ2) is 8.03. The fourth-order valence-electron chi connectivity index (χ4n) is 2.54. The van der Waals surface area contributed by atoms with Crippen LogP contribution in [0.4, 0.5) is 0 Å². The number of hydrogen-bond donors (Lipinski definition) is 1. The van der Waals surface area contributed by atoms with Gasteiger partial charge in [0.05, 0.1) is 16.7 Å². The van der Waals surface area contributed by atoms with E-state index in [9.17, 15) is 18.0 Å². The van der Waals surface area contributed by atoms with E-state index >= 15 is 0 Å². The van der Waals surface area contributed by atoms with Crippen LogP contribution in [0.3, 0.4) is 0 Å².